The lowest BCUT2D eigenvalue weighted by Gasteiger charge is -2.32. The highest BCUT2D eigenvalue weighted by atomic mass is 19.4. The van der Waals surface area contributed by atoms with Crippen molar-refractivity contribution in [2.45, 2.75) is 50.7 Å². The molecule has 0 aromatic heterocycles. The number of halogens is 3. The molecule has 92 valence electrons. The first-order valence-electron chi connectivity index (χ1n) is 5.84. The fourth-order valence-electron chi connectivity index (χ4n) is 3.10. The number of amides is 1. The molecular formula is C11H16F3NO. The van der Waals surface area contributed by atoms with Crippen molar-refractivity contribution in [2.75, 3.05) is 0 Å². The molecule has 1 N–H and O–H groups in total. The van der Waals surface area contributed by atoms with E-state index in [0.29, 0.717) is 18.3 Å². The third-order valence-corrected chi connectivity index (χ3v) is 3.88. The number of nitrogens with one attached hydrogen (secondary N) is 1. The minimum Gasteiger partial charge on any atom is -0.346 e. The van der Waals surface area contributed by atoms with Crippen LogP contribution in [0.2, 0.25) is 0 Å². The van der Waals surface area contributed by atoms with Crippen molar-refractivity contribution in [3.63, 3.8) is 0 Å². The molecule has 2 saturated carbocycles. The predicted octanol–water partition coefficient (Wildman–Crippen LogP) is 2.63. The fraction of sp³-hybridized carbons (Fsp3) is 0.909. The molecule has 0 heterocycles. The summed E-state index contributed by atoms with van der Waals surface area (Å²) in [6.07, 6.45) is 1.17. The maximum Gasteiger partial charge on any atom is 0.471 e. The van der Waals surface area contributed by atoms with Crippen molar-refractivity contribution < 1.29 is 18.0 Å². The summed E-state index contributed by atoms with van der Waals surface area (Å²) in [5.74, 6) is -0.555. The Kier molecular flexibility index (Phi) is 3.13. The van der Waals surface area contributed by atoms with Crippen LogP contribution in [0.1, 0.15) is 38.5 Å². The van der Waals surface area contributed by atoms with E-state index in [2.05, 4.69) is 5.32 Å². The summed E-state index contributed by atoms with van der Waals surface area (Å²) in [6, 6.07) is -0.270. The molecule has 3 atom stereocenters. The van der Waals surface area contributed by atoms with Gasteiger partial charge in [0, 0.05) is 6.04 Å². The number of carbonyl (C=O) groups excluding carboxylic acids is 1. The van der Waals surface area contributed by atoms with Crippen LogP contribution in [0.5, 0.6) is 0 Å². The molecule has 16 heavy (non-hydrogen) atoms. The predicted molar refractivity (Wildman–Crippen MR) is 52.7 cm³/mol. The Bertz CT molecular complexity index is 277. The van der Waals surface area contributed by atoms with Gasteiger partial charge in [-0.3, -0.25) is 4.79 Å². The molecule has 2 rings (SSSR count). The minimum absolute atomic E-state index is 0.270. The van der Waals surface area contributed by atoms with Gasteiger partial charge >= 0.3 is 12.1 Å². The van der Waals surface area contributed by atoms with Crippen LogP contribution in [0, 0.1) is 11.8 Å². The normalized spacial score (nSPS) is 34.6. The molecule has 0 aliphatic heterocycles. The van der Waals surface area contributed by atoms with Crippen LogP contribution in [0.4, 0.5) is 13.2 Å². The van der Waals surface area contributed by atoms with Gasteiger partial charge in [-0.2, -0.15) is 13.2 Å². The van der Waals surface area contributed by atoms with Gasteiger partial charge in [-0.05, 0) is 31.1 Å². The third kappa shape index (κ3) is 2.50. The van der Waals surface area contributed by atoms with Crippen molar-refractivity contribution in [2.24, 2.45) is 11.8 Å². The average molecular weight is 235 g/mol. The van der Waals surface area contributed by atoms with Gasteiger partial charge in [-0.1, -0.05) is 19.3 Å². The monoisotopic (exact) mass is 235 g/mol. The molecule has 2 fully saturated rings. The number of fused-ring (bicyclic) bond motifs is 1. The van der Waals surface area contributed by atoms with Gasteiger partial charge in [0.1, 0.15) is 0 Å². The van der Waals surface area contributed by atoms with Gasteiger partial charge in [0.2, 0.25) is 0 Å². The third-order valence-electron chi connectivity index (χ3n) is 3.88. The average Bonchev–Trinajstić information content (AvgIpc) is 2.63. The smallest absolute Gasteiger partial charge is 0.346 e. The maximum atomic E-state index is 12.1. The number of carbonyl (C=O) groups is 1. The van der Waals surface area contributed by atoms with E-state index in [9.17, 15) is 18.0 Å². The first-order valence-corrected chi connectivity index (χ1v) is 5.84. The van der Waals surface area contributed by atoms with E-state index in [1.165, 1.54) is 12.8 Å². The number of rotatable bonds is 1. The first kappa shape index (κ1) is 11.7. The van der Waals surface area contributed by atoms with Crippen LogP contribution in [0.25, 0.3) is 0 Å². The highest BCUT2D eigenvalue weighted by Crippen LogP contribution is 2.42. The van der Waals surface area contributed by atoms with Gasteiger partial charge in [-0.15, -0.1) is 0 Å². The first-order chi connectivity index (χ1) is 7.47. The van der Waals surface area contributed by atoms with E-state index in [-0.39, 0.29) is 6.04 Å². The molecule has 2 nitrogen and oxygen atoms in total. The van der Waals surface area contributed by atoms with Gasteiger partial charge in [-0.25, -0.2) is 0 Å². The standard InChI is InChI=1S/C11H16F3NO/c12-11(13,14)10(16)15-9-5-4-7-2-1-3-8(7)6-9/h7-9H,1-6H2,(H,15,16)/t7-,8+,9-/m1/s1. The second kappa shape index (κ2) is 4.26. The van der Waals surface area contributed by atoms with Gasteiger partial charge in [0.05, 0.1) is 0 Å². The van der Waals surface area contributed by atoms with Crippen LogP contribution in [-0.4, -0.2) is 18.1 Å². The summed E-state index contributed by atoms with van der Waals surface area (Å²) >= 11 is 0. The molecule has 2 aliphatic rings. The Hall–Kier alpha value is -0.740. The van der Waals surface area contributed by atoms with E-state index >= 15 is 0 Å². The van der Waals surface area contributed by atoms with Crippen LogP contribution in [0.3, 0.4) is 0 Å². The zero-order valence-electron chi connectivity index (χ0n) is 9.02. The minimum atomic E-state index is -4.74. The van der Waals surface area contributed by atoms with Crippen LogP contribution < -0.4 is 5.32 Å². The van der Waals surface area contributed by atoms with Crippen molar-refractivity contribution in [3.05, 3.63) is 0 Å². The maximum absolute atomic E-state index is 12.1. The summed E-state index contributed by atoms with van der Waals surface area (Å²) in [7, 11) is 0. The Balaban J connectivity index is 1.85. The Morgan fingerprint density at radius 2 is 1.75 bits per heavy atom. The largest absolute Gasteiger partial charge is 0.471 e. The van der Waals surface area contributed by atoms with E-state index in [4.69, 9.17) is 0 Å². The SMILES string of the molecule is O=C(N[C@@H]1CC[C@H]2CCC[C@H]2C1)C(F)(F)F. The molecule has 0 bridgehead atoms. The zero-order valence-corrected chi connectivity index (χ0v) is 9.02. The number of hydrogen-bond donors (Lipinski definition) is 1. The van der Waals surface area contributed by atoms with Gasteiger partial charge in [0.15, 0.2) is 0 Å². The Labute approximate surface area is 92.6 Å². The van der Waals surface area contributed by atoms with Gasteiger partial charge in [0.25, 0.3) is 0 Å². The lowest BCUT2D eigenvalue weighted by atomic mass is 9.79. The second-order valence-electron chi connectivity index (χ2n) is 4.93. The molecule has 0 spiro atoms. The van der Waals surface area contributed by atoms with Crippen LogP contribution in [0.15, 0.2) is 0 Å². The molecule has 0 aromatic carbocycles. The molecule has 0 aromatic rings. The van der Waals surface area contributed by atoms with Crippen molar-refractivity contribution >= 4 is 5.91 Å². The van der Waals surface area contributed by atoms with E-state index in [1.54, 1.807) is 0 Å². The highest BCUT2D eigenvalue weighted by molar-refractivity contribution is 5.81. The van der Waals surface area contributed by atoms with E-state index in [1.807, 2.05) is 0 Å². The van der Waals surface area contributed by atoms with Crippen molar-refractivity contribution in [1.82, 2.24) is 5.32 Å². The summed E-state index contributed by atoms with van der Waals surface area (Å²) in [6.45, 7) is 0. The topological polar surface area (TPSA) is 29.1 Å². The second-order valence-corrected chi connectivity index (χ2v) is 4.93. The summed E-state index contributed by atoms with van der Waals surface area (Å²) in [5, 5.41) is 2.11. The number of alkyl halides is 3. The van der Waals surface area contributed by atoms with Crippen LogP contribution >= 0.6 is 0 Å². The molecule has 0 radical (unpaired) electrons. The Morgan fingerprint density at radius 3 is 2.44 bits per heavy atom. The quantitative estimate of drug-likeness (QED) is 0.743. The molecule has 0 unspecified atom stereocenters. The van der Waals surface area contributed by atoms with Crippen LogP contribution in [-0.2, 0) is 4.79 Å². The molecule has 0 saturated heterocycles. The molecule has 1 amide bonds. The molecule has 5 heteroatoms. The zero-order chi connectivity index (χ0) is 11.8. The van der Waals surface area contributed by atoms with Gasteiger partial charge < -0.3 is 5.32 Å². The number of hydrogen-bond acceptors (Lipinski definition) is 1. The molecule has 2 aliphatic carbocycles. The Morgan fingerprint density at radius 1 is 1.06 bits per heavy atom. The highest BCUT2D eigenvalue weighted by Gasteiger charge is 2.41. The summed E-state index contributed by atoms with van der Waals surface area (Å²) in [5.41, 5.74) is 0. The van der Waals surface area contributed by atoms with E-state index < -0.39 is 12.1 Å². The summed E-state index contributed by atoms with van der Waals surface area (Å²) < 4.78 is 36.2. The molecular weight excluding hydrogens is 219 g/mol. The fourth-order valence-corrected chi connectivity index (χ4v) is 3.10. The summed E-state index contributed by atoms with van der Waals surface area (Å²) in [4.78, 5) is 10.8. The van der Waals surface area contributed by atoms with E-state index in [0.717, 1.165) is 19.3 Å². The lowest BCUT2D eigenvalue weighted by molar-refractivity contribution is -0.174. The van der Waals surface area contributed by atoms with Crippen molar-refractivity contribution in [1.29, 1.82) is 0 Å². The van der Waals surface area contributed by atoms with Crippen molar-refractivity contribution in [3.8, 4) is 0 Å². The lowest BCUT2D eigenvalue weighted by Crippen LogP contribution is -2.45.